The lowest BCUT2D eigenvalue weighted by atomic mass is 10.2. The summed E-state index contributed by atoms with van der Waals surface area (Å²) in [5, 5.41) is 2.84. The molecule has 0 spiro atoms. The SMILES string of the molecule is CCN(CC)C(=O)c1cc(Nc2cc(C(F)(F)F)ccc2Cl)nc(C)n1. The molecule has 0 radical (unpaired) electrons. The van der Waals surface area contributed by atoms with Gasteiger partial charge in [-0.3, -0.25) is 4.79 Å². The number of nitrogens with one attached hydrogen (secondary N) is 1. The number of aryl methyl sites for hydroxylation is 1. The first-order valence-electron chi connectivity index (χ1n) is 7.94. The number of halogens is 4. The summed E-state index contributed by atoms with van der Waals surface area (Å²) in [7, 11) is 0. The molecule has 0 aliphatic rings. The van der Waals surface area contributed by atoms with Gasteiger partial charge in [0.15, 0.2) is 0 Å². The summed E-state index contributed by atoms with van der Waals surface area (Å²) in [6.07, 6.45) is -4.49. The second-order valence-electron chi connectivity index (χ2n) is 5.48. The van der Waals surface area contributed by atoms with Gasteiger partial charge in [-0.1, -0.05) is 11.6 Å². The van der Waals surface area contributed by atoms with Gasteiger partial charge in [0.05, 0.1) is 16.3 Å². The molecule has 1 N–H and O–H groups in total. The zero-order chi connectivity index (χ0) is 19.5. The molecule has 1 heterocycles. The van der Waals surface area contributed by atoms with Gasteiger partial charge in [0.2, 0.25) is 0 Å². The molecule has 5 nitrogen and oxygen atoms in total. The number of aromatic nitrogens is 2. The molecule has 2 rings (SSSR count). The predicted octanol–water partition coefficient (Wildman–Crippen LogP) is 4.68. The van der Waals surface area contributed by atoms with Crippen molar-refractivity contribution in [2.24, 2.45) is 0 Å². The molecule has 0 saturated heterocycles. The van der Waals surface area contributed by atoms with E-state index in [1.807, 2.05) is 13.8 Å². The van der Waals surface area contributed by atoms with Gasteiger partial charge < -0.3 is 10.2 Å². The molecular formula is C17H18ClF3N4O. The summed E-state index contributed by atoms with van der Waals surface area (Å²) in [5.41, 5.74) is -0.637. The summed E-state index contributed by atoms with van der Waals surface area (Å²) in [4.78, 5) is 22.3. The number of amides is 1. The van der Waals surface area contributed by atoms with E-state index in [0.29, 0.717) is 18.9 Å². The summed E-state index contributed by atoms with van der Waals surface area (Å²) < 4.78 is 38.7. The highest BCUT2D eigenvalue weighted by Gasteiger charge is 2.31. The van der Waals surface area contributed by atoms with E-state index in [1.54, 1.807) is 11.8 Å². The summed E-state index contributed by atoms with van der Waals surface area (Å²) in [6.45, 7) is 6.31. The van der Waals surface area contributed by atoms with E-state index < -0.39 is 11.7 Å². The Balaban J connectivity index is 2.38. The molecule has 9 heteroatoms. The van der Waals surface area contributed by atoms with Crippen molar-refractivity contribution >= 4 is 29.0 Å². The highest BCUT2D eigenvalue weighted by atomic mass is 35.5. The van der Waals surface area contributed by atoms with Crippen LogP contribution in [0.25, 0.3) is 0 Å². The van der Waals surface area contributed by atoms with Crippen LogP contribution in [0.5, 0.6) is 0 Å². The van der Waals surface area contributed by atoms with Gasteiger partial charge in [0.25, 0.3) is 5.91 Å². The van der Waals surface area contributed by atoms with Gasteiger partial charge in [0.1, 0.15) is 17.3 Å². The fourth-order valence-corrected chi connectivity index (χ4v) is 2.51. The number of hydrogen-bond acceptors (Lipinski definition) is 4. The van der Waals surface area contributed by atoms with E-state index in [1.165, 1.54) is 6.07 Å². The first-order chi connectivity index (χ1) is 12.2. The summed E-state index contributed by atoms with van der Waals surface area (Å²) in [5.74, 6) is 0.224. The number of anilines is 2. The maximum Gasteiger partial charge on any atom is 0.416 e. The van der Waals surface area contributed by atoms with Crippen LogP contribution in [0.15, 0.2) is 24.3 Å². The molecule has 0 unspecified atom stereocenters. The van der Waals surface area contributed by atoms with Crippen molar-refractivity contribution in [2.75, 3.05) is 18.4 Å². The molecule has 0 aliphatic heterocycles. The number of carbonyl (C=O) groups excluding carboxylic acids is 1. The van der Waals surface area contributed by atoms with Crippen molar-refractivity contribution in [1.82, 2.24) is 14.9 Å². The molecule has 0 fully saturated rings. The normalized spacial score (nSPS) is 11.3. The van der Waals surface area contributed by atoms with E-state index in [2.05, 4.69) is 15.3 Å². The molecule has 0 atom stereocenters. The third-order valence-corrected chi connectivity index (χ3v) is 3.99. The van der Waals surface area contributed by atoms with Gasteiger partial charge in [-0.25, -0.2) is 9.97 Å². The number of nitrogens with zero attached hydrogens (tertiary/aromatic N) is 3. The van der Waals surface area contributed by atoms with E-state index >= 15 is 0 Å². The van der Waals surface area contributed by atoms with Crippen LogP contribution >= 0.6 is 11.6 Å². The van der Waals surface area contributed by atoms with E-state index in [0.717, 1.165) is 18.2 Å². The quantitative estimate of drug-likeness (QED) is 0.810. The Labute approximate surface area is 154 Å². The van der Waals surface area contributed by atoms with Gasteiger partial charge in [-0.05, 0) is 39.0 Å². The van der Waals surface area contributed by atoms with Crippen molar-refractivity contribution in [3.8, 4) is 0 Å². The fourth-order valence-electron chi connectivity index (χ4n) is 2.35. The van der Waals surface area contributed by atoms with Crippen molar-refractivity contribution in [2.45, 2.75) is 26.9 Å². The van der Waals surface area contributed by atoms with E-state index in [-0.39, 0.29) is 28.1 Å². The minimum Gasteiger partial charge on any atom is -0.339 e. The van der Waals surface area contributed by atoms with Crippen LogP contribution in [0.3, 0.4) is 0 Å². The van der Waals surface area contributed by atoms with Crippen LogP contribution in [-0.4, -0.2) is 33.9 Å². The van der Waals surface area contributed by atoms with Crippen molar-refractivity contribution in [1.29, 1.82) is 0 Å². The maximum absolute atomic E-state index is 12.9. The first-order valence-corrected chi connectivity index (χ1v) is 8.32. The average Bonchev–Trinajstić information content (AvgIpc) is 2.56. The molecule has 1 aromatic carbocycles. The second-order valence-corrected chi connectivity index (χ2v) is 5.89. The van der Waals surface area contributed by atoms with E-state index in [4.69, 9.17) is 11.6 Å². The molecule has 26 heavy (non-hydrogen) atoms. The highest BCUT2D eigenvalue weighted by Crippen LogP contribution is 2.34. The lowest BCUT2D eigenvalue weighted by Gasteiger charge is -2.18. The zero-order valence-corrected chi connectivity index (χ0v) is 15.2. The van der Waals surface area contributed by atoms with Gasteiger partial charge in [0, 0.05) is 19.2 Å². The van der Waals surface area contributed by atoms with Crippen LogP contribution in [0.1, 0.15) is 35.7 Å². The zero-order valence-electron chi connectivity index (χ0n) is 14.5. The van der Waals surface area contributed by atoms with Gasteiger partial charge in [-0.15, -0.1) is 0 Å². The summed E-state index contributed by atoms with van der Waals surface area (Å²) in [6, 6.07) is 4.34. The number of hydrogen-bond donors (Lipinski definition) is 1. The van der Waals surface area contributed by atoms with Crippen molar-refractivity contribution in [3.63, 3.8) is 0 Å². The maximum atomic E-state index is 12.9. The summed E-state index contributed by atoms with van der Waals surface area (Å²) >= 11 is 5.99. The van der Waals surface area contributed by atoms with E-state index in [9.17, 15) is 18.0 Å². The Morgan fingerprint density at radius 3 is 2.42 bits per heavy atom. The van der Waals surface area contributed by atoms with Crippen molar-refractivity contribution < 1.29 is 18.0 Å². The standard InChI is InChI=1S/C17H18ClF3N4O/c1-4-25(5-2)16(26)14-9-15(23-10(3)22-14)24-13-8-11(17(19,20)21)6-7-12(13)18/h6-9H,4-5H2,1-3H3,(H,22,23,24). The van der Waals surface area contributed by atoms with Gasteiger partial charge >= 0.3 is 6.18 Å². The van der Waals surface area contributed by atoms with Crippen LogP contribution in [0.4, 0.5) is 24.7 Å². The molecule has 140 valence electrons. The molecule has 0 bridgehead atoms. The molecule has 1 aromatic heterocycles. The molecule has 0 aliphatic carbocycles. The fraction of sp³-hybridized carbons (Fsp3) is 0.353. The van der Waals surface area contributed by atoms with Crippen LogP contribution in [0, 0.1) is 6.92 Å². The van der Waals surface area contributed by atoms with Gasteiger partial charge in [-0.2, -0.15) is 13.2 Å². The number of alkyl halides is 3. The lowest BCUT2D eigenvalue weighted by molar-refractivity contribution is -0.137. The van der Waals surface area contributed by atoms with Crippen LogP contribution in [-0.2, 0) is 6.18 Å². The third kappa shape index (κ3) is 4.63. The van der Waals surface area contributed by atoms with Crippen molar-refractivity contribution in [3.05, 3.63) is 46.4 Å². The molecule has 2 aromatic rings. The molecule has 0 saturated carbocycles. The monoisotopic (exact) mass is 386 g/mol. The number of benzene rings is 1. The predicted molar refractivity (Wildman–Crippen MR) is 93.8 cm³/mol. The Kier molecular flexibility index (Phi) is 6.07. The lowest BCUT2D eigenvalue weighted by Crippen LogP contribution is -2.31. The Morgan fingerprint density at radius 1 is 1.19 bits per heavy atom. The number of rotatable bonds is 5. The Morgan fingerprint density at radius 2 is 1.85 bits per heavy atom. The van der Waals surface area contributed by atoms with Crippen LogP contribution in [0.2, 0.25) is 5.02 Å². The second kappa shape index (κ2) is 7.90. The van der Waals surface area contributed by atoms with Crippen LogP contribution < -0.4 is 5.32 Å². The largest absolute Gasteiger partial charge is 0.416 e. The third-order valence-electron chi connectivity index (χ3n) is 3.66. The first kappa shape index (κ1) is 20.0. The topological polar surface area (TPSA) is 58.1 Å². The average molecular weight is 387 g/mol. The minimum absolute atomic E-state index is 0.0424. The molecule has 1 amide bonds. The Hall–Kier alpha value is -2.35. The smallest absolute Gasteiger partial charge is 0.339 e. The Bertz CT molecular complexity index is 807. The number of carbonyl (C=O) groups is 1. The minimum atomic E-state index is -4.49. The molecular weight excluding hydrogens is 369 g/mol. The highest BCUT2D eigenvalue weighted by molar-refractivity contribution is 6.33.